The number of halogens is 1. The van der Waals surface area contributed by atoms with E-state index in [1.807, 2.05) is 0 Å². The minimum atomic E-state index is -1.32. The molecule has 3 N–H and O–H groups in total. The Balaban J connectivity index is 2.44. The Kier molecular flexibility index (Phi) is 5.60. The third-order valence-corrected chi connectivity index (χ3v) is 2.48. The van der Waals surface area contributed by atoms with Gasteiger partial charge in [-0.05, 0) is 18.2 Å². The van der Waals surface area contributed by atoms with Crippen molar-refractivity contribution in [2.45, 2.75) is 6.04 Å². The molecule has 98 valence electrons. The summed E-state index contributed by atoms with van der Waals surface area (Å²) < 4.78 is 5.96. The SMILES string of the molecule is O=C(COc1cccc(Br)c1)N[C@H](CO)C(=O)O. The van der Waals surface area contributed by atoms with E-state index < -0.39 is 24.5 Å². The van der Waals surface area contributed by atoms with Crippen LogP contribution in [0.4, 0.5) is 0 Å². The predicted octanol–water partition coefficient (Wildman–Crippen LogP) is 0.390. The van der Waals surface area contributed by atoms with Crippen LogP contribution in [0.2, 0.25) is 0 Å². The van der Waals surface area contributed by atoms with E-state index in [1.54, 1.807) is 24.3 Å². The van der Waals surface area contributed by atoms with Gasteiger partial charge in [-0.15, -0.1) is 0 Å². The number of nitrogens with one attached hydrogen (secondary N) is 1. The average Bonchev–Trinajstić information content (AvgIpc) is 2.33. The lowest BCUT2D eigenvalue weighted by atomic mass is 10.3. The number of ether oxygens (including phenoxy) is 1. The van der Waals surface area contributed by atoms with Crippen molar-refractivity contribution in [1.29, 1.82) is 0 Å². The van der Waals surface area contributed by atoms with Crippen LogP contribution < -0.4 is 10.1 Å². The molecule has 0 bridgehead atoms. The Morgan fingerprint density at radius 3 is 2.72 bits per heavy atom. The number of aliphatic hydroxyl groups is 1. The maximum Gasteiger partial charge on any atom is 0.328 e. The Hall–Kier alpha value is -1.60. The van der Waals surface area contributed by atoms with Crippen LogP contribution in [0, 0.1) is 0 Å². The number of benzene rings is 1. The number of aliphatic carboxylic acids is 1. The zero-order chi connectivity index (χ0) is 13.5. The Bertz CT molecular complexity index is 437. The van der Waals surface area contributed by atoms with Gasteiger partial charge in [0.15, 0.2) is 6.61 Å². The first-order chi connectivity index (χ1) is 8.52. The smallest absolute Gasteiger partial charge is 0.328 e. The van der Waals surface area contributed by atoms with E-state index in [4.69, 9.17) is 14.9 Å². The van der Waals surface area contributed by atoms with E-state index in [0.717, 1.165) is 4.47 Å². The van der Waals surface area contributed by atoms with Gasteiger partial charge in [0.1, 0.15) is 11.8 Å². The zero-order valence-corrected chi connectivity index (χ0v) is 10.9. The summed E-state index contributed by atoms with van der Waals surface area (Å²) in [7, 11) is 0. The highest BCUT2D eigenvalue weighted by Crippen LogP contribution is 2.17. The summed E-state index contributed by atoms with van der Waals surface area (Å²) in [4.78, 5) is 21.9. The molecule has 1 aromatic carbocycles. The lowest BCUT2D eigenvalue weighted by Crippen LogP contribution is -2.45. The summed E-state index contributed by atoms with van der Waals surface area (Å²) in [6.07, 6.45) is 0. The third-order valence-electron chi connectivity index (χ3n) is 1.98. The van der Waals surface area contributed by atoms with Crippen LogP contribution in [-0.4, -0.2) is 41.3 Å². The molecule has 0 spiro atoms. The van der Waals surface area contributed by atoms with Crippen molar-refractivity contribution >= 4 is 27.8 Å². The van der Waals surface area contributed by atoms with Gasteiger partial charge in [-0.1, -0.05) is 22.0 Å². The van der Waals surface area contributed by atoms with Crippen molar-refractivity contribution in [3.63, 3.8) is 0 Å². The minimum Gasteiger partial charge on any atom is -0.484 e. The molecule has 0 unspecified atom stereocenters. The van der Waals surface area contributed by atoms with E-state index in [9.17, 15) is 9.59 Å². The van der Waals surface area contributed by atoms with E-state index in [1.165, 1.54) is 0 Å². The maximum atomic E-state index is 11.4. The summed E-state index contributed by atoms with van der Waals surface area (Å²) >= 11 is 3.25. The first kappa shape index (κ1) is 14.5. The highest BCUT2D eigenvalue weighted by Gasteiger charge is 2.18. The van der Waals surface area contributed by atoms with Gasteiger partial charge < -0.3 is 20.3 Å². The van der Waals surface area contributed by atoms with Crippen LogP contribution in [0.15, 0.2) is 28.7 Å². The second-order valence-electron chi connectivity index (χ2n) is 3.39. The van der Waals surface area contributed by atoms with Crippen molar-refractivity contribution in [3.8, 4) is 5.75 Å². The van der Waals surface area contributed by atoms with Crippen LogP contribution in [0.5, 0.6) is 5.75 Å². The lowest BCUT2D eigenvalue weighted by molar-refractivity contribution is -0.143. The van der Waals surface area contributed by atoms with Crippen LogP contribution in [0.1, 0.15) is 0 Å². The second kappa shape index (κ2) is 6.97. The van der Waals surface area contributed by atoms with Crippen molar-refractivity contribution in [1.82, 2.24) is 5.32 Å². The molecule has 0 aliphatic rings. The molecule has 0 heterocycles. The predicted molar refractivity (Wildman–Crippen MR) is 66.3 cm³/mol. The number of carboxylic acids is 1. The number of amides is 1. The van der Waals surface area contributed by atoms with Crippen molar-refractivity contribution in [2.75, 3.05) is 13.2 Å². The number of carboxylic acid groups (broad SMARTS) is 1. The summed E-state index contributed by atoms with van der Waals surface area (Å²) in [5, 5.41) is 19.5. The Morgan fingerprint density at radius 1 is 1.44 bits per heavy atom. The molecular weight excluding hydrogens is 306 g/mol. The molecule has 0 aliphatic carbocycles. The first-order valence-electron chi connectivity index (χ1n) is 5.04. The monoisotopic (exact) mass is 317 g/mol. The summed E-state index contributed by atoms with van der Waals surface area (Å²) in [6.45, 7) is -0.988. The van der Waals surface area contributed by atoms with E-state index in [2.05, 4.69) is 21.2 Å². The van der Waals surface area contributed by atoms with Gasteiger partial charge in [-0.2, -0.15) is 0 Å². The quantitative estimate of drug-likeness (QED) is 0.705. The molecule has 0 aliphatic heterocycles. The molecule has 1 atom stereocenters. The largest absolute Gasteiger partial charge is 0.484 e. The molecule has 0 radical (unpaired) electrons. The Labute approximate surface area is 112 Å². The summed E-state index contributed by atoms with van der Waals surface area (Å²) in [6, 6.07) is 5.57. The number of carbonyl (C=O) groups excluding carboxylic acids is 1. The fourth-order valence-electron chi connectivity index (χ4n) is 1.13. The third kappa shape index (κ3) is 4.72. The lowest BCUT2D eigenvalue weighted by Gasteiger charge is -2.12. The molecule has 0 aromatic heterocycles. The molecule has 0 saturated heterocycles. The van der Waals surface area contributed by atoms with Crippen molar-refractivity contribution in [2.24, 2.45) is 0 Å². The topological polar surface area (TPSA) is 95.9 Å². The molecular formula is C11H12BrNO5. The Morgan fingerprint density at radius 2 is 2.17 bits per heavy atom. The number of carbonyl (C=O) groups is 2. The van der Waals surface area contributed by atoms with E-state index in [-0.39, 0.29) is 6.61 Å². The number of hydrogen-bond donors (Lipinski definition) is 3. The van der Waals surface area contributed by atoms with Gasteiger partial charge in [0.25, 0.3) is 5.91 Å². The molecule has 1 amide bonds. The summed E-state index contributed by atoms with van der Waals surface area (Å²) in [5.74, 6) is -1.43. The number of aliphatic hydroxyl groups excluding tert-OH is 1. The standard InChI is InChI=1S/C11H12BrNO5/c12-7-2-1-3-8(4-7)18-6-10(15)13-9(5-14)11(16)17/h1-4,9,14H,5-6H2,(H,13,15)(H,16,17)/t9-/m1/s1. The minimum absolute atomic E-state index is 0.319. The van der Waals surface area contributed by atoms with Gasteiger partial charge in [0.05, 0.1) is 6.61 Å². The normalized spacial score (nSPS) is 11.7. The number of hydrogen-bond acceptors (Lipinski definition) is 4. The van der Waals surface area contributed by atoms with Crippen molar-refractivity contribution < 1.29 is 24.5 Å². The highest BCUT2D eigenvalue weighted by atomic mass is 79.9. The van der Waals surface area contributed by atoms with Gasteiger partial charge in [-0.25, -0.2) is 4.79 Å². The molecule has 1 aromatic rings. The second-order valence-corrected chi connectivity index (χ2v) is 4.30. The van der Waals surface area contributed by atoms with Crippen LogP contribution in [0.3, 0.4) is 0 Å². The highest BCUT2D eigenvalue weighted by molar-refractivity contribution is 9.10. The van der Waals surface area contributed by atoms with Crippen LogP contribution in [0.25, 0.3) is 0 Å². The van der Waals surface area contributed by atoms with E-state index in [0.29, 0.717) is 5.75 Å². The van der Waals surface area contributed by atoms with Gasteiger partial charge in [0, 0.05) is 4.47 Å². The van der Waals surface area contributed by atoms with E-state index >= 15 is 0 Å². The van der Waals surface area contributed by atoms with Gasteiger partial charge in [-0.3, -0.25) is 4.79 Å². The molecule has 1 rings (SSSR count). The fraction of sp³-hybridized carbons (Fsp3) is 0.273. The fourth-order valence-corrected chi connectivity index (χ4v) is 1.51. The maximum absolute atomic E-state index is 11.4. The molecule has 7 heteroatoms. The molecule has 18 heavy (non-hydrogen) atoms. The van der Waals surface area contributed by atoms with Gasteiger partial charge in [0.2, 0.25) is 0 Å². The van der Waals surface area contributed by atoms with Gasteiger partial charge >= 0.3 is 5.97 Å². The average molecular weight is 318 g/mol. The zero-order valence-electron chi connectivity index (χ0n) is 9.30. The van der Waals surface area contributed by atoms with Crippen LogP contribution in [-0.2, 0) is 9.59 Å². The molecule has 0 saturated carbocycles. The first-order valence-corrected chi connectivity index (χ1v) is 5.83. The summed E-state index contributed by atoms with van der Waals surface area (Å²) in [5.41, 5.74) is 0. The molecule has 6 nitrogen and oxygen atoms in total. The molecule has 0 fully saturated rings. The van der Waals surface area contributed by atoms with Crippen LogP contribution >= 0.6 is 15.9 Å². The number of rotatable bonds is 6. The van der Waals surface area contributed by atoms with Crippen molar-refractivity contribution in [3.05, 3.63) is 28.7 Å².